The van der Waals surface area contributed by atoms with E-state index >= 15 is 0 Å². The van der Waals surface area contributed by atoms with Crippen molar-refractivity contribution in [3.63, 3.8) is 0 Å². The van der Waals surface area contributed by atoms with Gasteiger partial charge in [0.2, 0.25) is 0 Å². The third-order valence-electron chi connectivity index (χ3n) is 3.56. The summed E-state index contributed by atoms with van der Waals surface area (Å²) in [6, 6.07) is 29.5. The number of hydrogen-bond donors (Lipinski definition) is 1. The van der Waals surface area contributed by atoms with Crippen LogP contribution in [0.25, 0.3) is 22.4 Å². The normalized spacial score (nSPS) is 9.76. The maximum Gasteiger partial charge on any atom is 0.125 e. The highest BCUT2D eigenvalue weighted by atomic mass is 16.3. The van der Waals surface area contributed by atoms with Crippen LogP contribution < -0.4 is 0 Å². The standard InChI is InChI=1S/C12H10.C9H7N3O/c1-3-7-11(8-4-1)12-9-5-2-6-10-12;13-9-4-2-1-3-7(9)8-5-6-10-12-11-8/h1-10H;1-6,13H. The van der Waals surface area contributed by atoms with E-state index in [0.717, 1.165) is 0 Å². The van der Waals surface area contributed by atoms with Crippen molar-refractivity contribution in [3.8, 4) is 28.1 Å². The summed E-state index contributed by atoms with van der Waals surface area (Å²) in [4.78, 5) is 0. The fraction of sp³-hybridized carbons (Fsp3) is 0. The predicted molar refractivity (Wildman–Crippen MR) is 98.8 cm³/mol. The molecule has 0 atom stereocenters. The van der Waals surface area contributed by atoms with Crippen molar-refractivity contribution in [2.75, 3.05) is 0 Å². The molecule has 25 heavy (non-hydrogen) atoms. The topological polar surface area (TPSA) is 58.9 Å². The van der Waals surface area contributed by atoms with Gasteiger partial charge >= 0.3 is 0 Å². The molecule has 0 aliphatic heterocycles. The van der Waals surface area contributed by atoms with Crippen LogP contribution in [0.5, 0.6) is 5.75 Å². The number of phenols is 1. The molecule has 4 aromatic rings. The second kappa shape index (κ2) is 8.36. The molecule has 4 heteroatoms. The molecule has 0 saturated carbocycles. The van der Waals surface area contributed by atoms with Crippen molar-refractivity contribution < 1.29 is 5.11 Å². The van der Waals surface area contributed by atoms with E-state index in [4.69, 9.17) is 0 Å². The molecule has 0 bridgehead atoms. The third-order valence-corrected chi connectivity index (χ3v) is 3.56. The first-order chi connectivity index (χ1) is 12.3. The molecule has 122 valence electrons. The van der Waals surface area contributed by atoms with E-state index < -0.39 is 0 Å². The molecular weight excluding hydrogens is 310 g/mol. The van der Waals surface area contributed by atoms with Gasteiger partial charge in [-0.3, -0.25) is 0 Å². The van der Waals surface area contributed by atoms with Gasteiger partial charge in [-0.15, -0.1) is 10.2 Å². The molecule has 0 amide bonds. The maximum atomic E-state index is 9.48. The highest BCUT2D eigenvalue weighted by molar-refractivity contribution is 5.65. The lowest BCUT2D eigenvalue weighted by atomic mass is 10.1. The van der Waals surface area contributed by atoms with Gasteiger partial charge in [-0.05, 0) is 34.5 Å². The van der Waals surface area contributed by atoms with Crippen LogP contribution in [-0.4, -0.2) is 20.5 Å². The van der Waals surface area contributed by atoms with Crippen LogP contribution in [0, 0.1) is 0 Å². The molecule has 1 aromatic heterocycles. The molecule has 0 spiro atoms. The largest absolute Gasteiger partial charge is 0.507 e. The number of rotatable bonds is 2. The Bertz CT molecular complexity index is 860. The van der Waals surface area contributed by atoms with Crippen LogP contribution in [0.15, 0.2) is 97.2 Å². The smallest absolute Gasteiger partial charge is 0.125 e. The number of nitrogens with zero attached hydrogens (tertiary/aromatic N) is 3. The molecule has 0 aliphatic carbocycles. The van der Waals surface area contributed by atoms with E-state index in [9.17, 15) is 5.11 Å². The summed E-state index contributed by atoms with van der Waals surface area (Å²) in [5.41, 5.74) is 3.83. The lowest BCUT2D eigenvalue weighted by Crippen LogP contribution is -1.88. The summed E-state index contributed by atoms with van der Waals surface area (Å²) >= 11 is 0. The fourth-order valence-corrected chi connectivity index (χ4v) is 2.34. The summed E-state index contributed by atoms with van der Waals surface area (Å²) in [5, 5.41) is 20.3. The van der Waals surface area contributed by atoms with Gasteiger partial charge < -0.3 is 5.11 Å². The Morgan fingerprint density at radius 2 is 1.16 bits per heavy atom. The molecule has 0 saturated heterocycles. The van der Waals surface area contributed by atoms with Crippen LogP contribution in [0.4, 0.5) is 0 Å². The molecule has 0 fully saturated rings. The second-order valence-electron chi connectivity index (χ2n) is 5.26. The van der Waals surface area contributed by atoms with E-state index in [2.05, 4.69) is 63.9 Å². The van der Waals surface area contributed by atoms with E-state index in [1.54, 1.807) is 24.3 Å². The first-order valence-electron chi connectivity index (χ1n) is 7.88. The lowest BCUT2D eigenvalue weighted by Gasteiger charge is -2.00. The van der Waals surface area contributed by atoms with Crippen molar-refractivity contribution in [3.05, 3.63) is 97.2 Å². The Kier molecular flexibility index (Phi) is 5.46. The molecule has 0 radical (unpaired) electrons. The lowest BCUT2D eigenvalue weighted by molar-refractivity contribution is 0.477. The van der Waals surface area contributed by atoms with Gasteiger partial charge in [0.05, 0.1) is 11.9 Å². The number of hydrogen-bond acceptors (Lipinski definition) is 4. The zero-order valence-electron chi connectivity index (χ0n) is 13.5. The van der Waals surface area contributed by atoms with E-state index in [0.29, 0.717) is 11.3 Å². The summed E-state index contributed by atoms with van der Waals surface area (Å²) in [7, 11) is 0. The zero-order valence-corrected chi connectivity index (χ0v) is 13.5. The average Bonchev–Trinajstić information content (AvgIpc) is 2.71. The van der Waals surface area contributed by atoms with Crippen LogP contribution >= 0.6 is 0 Å². The van der Waals surface area contributed by atoms with E-state index in [1.165, 1.54) is 17.3 Å². The number of phenolic OH excluding ortho intramolecular Hbond substituents is 1. The second-order valence-corrected chi connectivity index (χ2v) is 5.26. The Morgan fingerprint density at radius 1 is 0.600 bits per heavy atom. The molecule has 4 nitrogen and oxygen atoms in total. The van der Waals surface area contributed by atoms with E-state index in [1.807, 2.05) is 18.2 Å². The maximum absolute atomic E-state index is 9.48. The summed E-state index contributed by atoms with van der Waals surface area (Å²) in [5.74, 6) is 0.197. The molecule has 3 aromatic carbocycles. The number of aromatic hydroxyl groups is 1. The molecule has 0 unspecified atom stereocenters. The predicted octanol–water partition coefficient (Wildman–Crippen LogP) is 4.60. The van der Waals surface area contributed by atoms with Crippen molar-refractivity contribution in [1.82, 2.24) is 15.4 Å². The average molecular weight is 327 g/mol. The fourth-order valence-electron chi connectivity index (χ4n) is 2.34. The van der Waals surface area contributed by atoms with Crippen LogP contribution in [0.2, 0.25) is 0 Å². The molecule has 1 N–H and O–H groups in total. The minimum Gasteiger partial charge on any atom is -0.507 e. The Labute approximate surface area is 146 Å². The molecule has 4 rings (SSSR count). The molecule has 1 heterocycles. The Morgan fingerprint density at radius 3 is 1.68 bits per heavy atom. The summed E-state index contributed by atoms with van der Waals surface area (Å²) in [6.45, 7) is 0. The zero-order chi connectivity index (χ0) is 17.3. The monoisotopic (exact) mass is 327 g/mol. The summed E-state index contributed by atoms with van der Waals surface area (Å²) < 4.78 is 0. The van der Waals surface area contributed by atoms with Gasteiger partial charge in [-0.25, -0.2) is 0 Å². The Hall–Kier alpha value is -3.53. The third kappa shape index (κ3) is 4.48. The SMILES string of the molecule is Oc1ccccc1-c1ccnnn1.c1ccc(-c2ccccc2)cc1. The van der Waals surface area contributed by atoms with Gasteiger partial charge in [0.15, 0.2) is 0 Å². The van der Waals surface area contributed by atoms with Crippen molar-refractivity contribution in [2.24, 2.45) is 0 Å². The minimum atomic E-state index is 0.197. The van der Waals surface area contributed by atoms with Crippen LogP contribution in [-0.2, 0) is 0 Å². The van der Waals surface area contributed by atoms with Gasteiger partial charge in [-0.2, -0.15) is 0 Å². The van der Waals surface area contributed by atoms with Gasteiger partial charge in [-0.1, -0.05) is 72.8 Å². The van der Waals surface area contributed by atoms with Crippen molar-refractivity contribution in [1.29, 1.82) is 0 Å². The first kappa shape index (κ1) is 16.3. The van der Waals surface area contributed by atoms with E-state index in [-0.39, 0.29) is 5.75 Å². The summed E-state index contributed by atoms with van der Waals surface area (Å²) in [6.07, 6.45) is 1.54. The van der Waals surface area contributed by atoms with Crippen LogP contribution in [0.3, 0.4) is 0 Å². The van der Waals surface area contributed by atoms with Crippen molar-refractivity contribution in [2.45, 2.75) is 0 Å². The quantitative estimate of drug-likeness (QED) is 0.584. The highest BCUT2D eigenvalue weighted by Crippen LogP contribution is 2.25. The van der Waals surface area contributed by atoms with Crippen LogP contribution in [0.1, 0.15) is 0 Å². The molecular formula is C21H17N3O. The number of benzene rings is 3. The minimum absolute atomic E-state index is 0.197. The highest BCUT2D eigenvalue weighted by Gasteiger charge is 2.03. The number of para-hydroxylation sites is 1. The number of aromatic nitrogens is 3. The Balaban J connectivity index is 0.000000146. The van der Waals surface area contributed by atoms with Gasteiger partial charge in [0.25, 0.3) is 0 Å². The first-order valence-corrected chi connectivity index (χ1v) is 7.88. The van der Waals surface area contributed by atoms with Gasteiger partial charge in [0, 0.05) is 5.56 Å². The molecule has 0 aliphatic rings. The van der Waals surface area contributed by atoms with Gasteiger partial charge in [0.1, 0.15) is 5.75 Å². The van der Waals surface area contributed by atoms with Crippen molar-refractivity contribution >= 4 is 0 Å².